The Labute approximate surface area is 177 Å². The van der Waals surface area contributed by atoms with Crippen LogP contribution in [-0.4, -0.2) is 30.4 Å². The highest BCUT2D eigenvalue weighted by Gasteiger charge is 2.80. The molecule has 0 N–H and O–H groups in total. The summed E-state index contributed by atoms with van der Waals surface area (Å²) in [6.07, 6.45) is 8.58. The van der Waals surface area contributed by atoms with E-state index in [1.807, 2.05) is 6.08 Å². The van der Waals surface area contributed by atoms with E-state index in [0.29, 0.717) is 42.9 Å². The van der Waals surface area contributed by atoms with E-state index in [1.54, 1.807) is 0 Å². The van der Waals surface area contributed by atoms with E-state index in [1.165, 1.54) is 12.7 Å². The maximum absolute atomic E-state index is 13.0. The molecule has 5 heteroatoms. The zero-order chi connectivity index (χ0) is 21.1. The molecule has 1 aliphatic heterocycles. The van der Waals surface area contributed by atoms with Crippen LogP contribution in [0, 0.1) is 46.3 Å². The van der Waals surface area contributed by atoms with Gasteiger partial charge in [-0.2, -0.15) is 0 Å². The van der Waals surface area contributed by atoms with Gasteiger partial charge in [0, 0.05) is 24.2 Å². The third-order valence-electron chi connectivity index (χ3n) is 10.6. The third-order valence-corrected chi connectivity index (χ3v) is 10.6. The van der Waals surface area contributed by atoms with Gasteiger partial charge in [-0.15, -0.1) is 0 Å². The number of fused-ring (bicyclic) bond motifs is 9. The minimum atomic E-state index is -0.315. The Kier molecular flexibility index (Phi) is 3.67. The smallest absolute Gasteiger partial charge is 0.309 e. The summed E-state index contributed by atoms with van der Waals surface area (Å²) in [5, 5.41) is 0. The van der Waals surface area contributed by atoms with Crippen LogP contribution in [0.5, 0.6) is 0 Å². The van der Waals surface area contributed by atoms with Gasteiger partial charge in [-0.3, -0.25) is 14.4 Å². The van der Waals surface area contributed by atoms with E-state index in [0.717, 1.165) is 32.1 Å². The van der Waals surface area contributed by atoms with Crippen molar-refractivity contribution in [2.24, 2.45) is 46.3 Å². The van der Waals surface area contributed by atoms with Gasteiger partial charge in [-0.25, -0.2) is 0 Å². The molecule has 0 bridgehead atoms. The van der Waals surface area contributed by atoms with Crippen molar-refractivity contribution in [1.82, 2.24) is 0 Å². The summed E-state index contributed by atoms with van der Waals surface area (Å²) < 4.78 is 11.5. The van der Waals surface area contributed by atoms with Crippen LogP contribution >= 0.6 is 0 Å². The van der Waals surface area contributed by atoms with Crippen molar-refractivity contribution in [2.45, 2.75) is 70.8 Å². The normalized spacial score (nSPS) is 53.2. The number of esters is 2. The molecule has 5 fully saturated rings. The molecule has 1 spiro atoms. The summed E-state index contributed by atoms with van der Waals surface area (Å²) in [7, 11) is 1.49. The molecule has 4 saturated carbocycles. The number of carbonyl (C=O) groups excluding carboxylic acids is 3. The highest BCUT2D eigenvalue weighted by molar-refractivity contribution is 5.92. The second kappa shape index (κ2) is 5.77. The molecule has 9 atom stereocenters. The fourth-order valence-electron chi connectivity index (χ4n) is 9.30. The van der Waals surface area contributed by atoms with Crippen molar-refractivity contribution in [3.8, 4) is 0 Å². The number of ketones is 1. The predicted octanol–water partition coefficient (Wildman–Crippen LogP) is 3.85. The van der Waals surface area contributed by atoms with E-state index in [9.17, 15) is 14.4 Å². The molecule has 0 aromatic heterocycles. The topological polar surface area (TPSA) is 69.7 Å². The first-order chi connectivity index (χ1) is 14.2. The molecule has 0 aromatic carbocycles. The summed E-state index contributed by atoms with van der Waals surface area (Å²) in [5.74, 6) is 1.90. The van der Waals surface area contributed by atoms with Crippen LogP contribution < -0.4 is 0 Å². The van der Waals surface area contributed by atoms with Crippen LogP contribution in [0.25, 0.3) is 0 Å². The average molecular weight is 413 g/mol. The van der Waals surface area contributed by atoms with Gasteiger partial charge in [0.1, 0.15) is 5.60 Å². The fourth-order valence-corrected chi connectivity index (χ4v) is 9.30. The van der Waals surface area contributed by atoms with Crippen LogP contribution in [0.1, 0.15) is 65.2 Å². The van der Waals surface area contributed by atoms with Gasteiger partial charge in [-0.05, 0) is 73.7 Å². The maximum atomic E-state index is 13.0. The Hall–Kier alpha value is -1.65. The number of carbonyl (C=O) groups is 3. The van der Waals surface area contributed by atoms with Gasteiger partial charge in [0.05, 0.1) is 13.0 Å². The number of allylic oxidation sites excluding steroid dienone is 1. The first-order valence-corrected chi connectivity index (χ1v) is 11.8. The van der Waals surface area contributed by atoms with Gasteiger partial charge in [0.2, 0.25) is 0 Å². The Balaban J connectivity index is 1.46. The quantitative estimate of drug-likeness (QED) is 0.612. The Morgan fingerprint density at radius 2 is 1.93 bits per heavy atom. The van der Waals surface area contributed by atoms with Crippen LogP contribution in [0.4, 0.5) is 0 Å². The van der Waals surface area contributed by atoms with Crippen molar-refractivity contribution >= 4 is 17.7 Å². The van der Waals surface area contributed by atoms with E-state index < -0.39 is 0 Å². The molecular formula is C25H32O5. The van der Waals surface area contributed by atoms with Crippen molar-refractivity contribution in [3.63, 3.8) is 0 Å². The lowest BCUT2D eigenvalue weighted by atomic mass is 9.43. The van der Waals surface area contributed by atoms with Gasteiger partial charge in [0.15, 0.2) is 5.78 Å². The lowest BCUT2D eigenvalue weighted by Crippen LogP contribution is -2.59. The predicted molar refractivity (Wildman–Crippen MR) is 108 cm³/mol. The molecular weight excluding hydrogens is 380 g/mol. The van der Waals surface area contributed by atoms with Crippen molar-refractivity contribution in [3.05, 3.63) is 11.6 Å². The van der Waals surface area contributed by atoms with E-state index >= 15 is 0 Å². The molecule has 0 unspecified atom stereocenters. The maximum Gasteiger partial charge on any atom is 0.309 e. The zero-order valence-corrected chi connectivity index (χ0v) is 18.2. The lowest BCUT2D eigenvalue weighted by Gasteiger charge is -2.61. The Bertz CT molecular complexity index is 890. The van der Waals surface area contributed by atoms with E-state index in [4.69, 9.17) is 9.47 Å². The van der Waals surface area contributed by atoms with Gasteiger partial charge in [-0.1, -0.05) is 19.4 Å². The van der Waals surface area contributed by atoms with E-state index in [-0.39, 0.29) is 46.0 Å². The van der Waals surface area contributed by atoms with Gasteiger partial charge in [0.25, 0.3) is 0 Å². The zero-order valence-electron chi connectivity index (χ0n) is 18.2. The average Bonchev–Trinajstić information content (AvgIpc) is 3.36. The van der Waals surface area contributed by atoms with Crippen LogP contribution in [0.15, 0.2) is 11.6 Å². The van der Waals surface area contributed by atoms with Crippen LogP contribution in [0.2, 0.25) is 0 Å². The largest absolute Gasteiger partial charge is 0.469 e. The molecule has 0 radical (unpaired) electrons. The Morgan fingerprint density at radius 1 is 1.13 bits per heavy atom. The van der Waals surface area contributed by atoms with Gasteiger partial charge < -0.3 is 9.47 Å². The number of ether oxygens (including phenoxy) is 2. The first kappa shape index (κ1) is 19.1. The summed E-state index contributed by atoms with van der Waals surface area (Å²) in [6.45, 7) is 4.69. The van der Waals surface area contributed by atoms with Crippen molar-refractivity contribution in [1.29, 1.82) is 0 Å². The molecule has 0 aromatic rings. The standard InChI is InChI=1S/C25H32O5/c1-23-7-4-14(26)10-13(23)11-16(22(28)29-3)20-17(23)5-8-24(2)21(20)15-12-18(15)25(24)9-6-19(27)30-25/h10,15-18,20-21H,4-9,11-12H2,1-3H3/t15-,16-,17+,18+,20-,21+,23+,24+,25-/m1/s1. The SMILES string of the molecule is COC(=O)[C@@H]1CC2=CC(=O)CC[C@]2(C)[C@H]2CC[C@@]3(C)[C@@H]([C@@H]4C[C@@H]4[C@]34CCC(=O)O4)[C@H]12. The van der Waals surface area contributed by atoms with Crippen LogP contribution in [-0.2, 0) is 23.9 Å². The lowest BCUT2D eigenvalue weighted by molar-refractivity contribution is -0.185. The number of methoxy groups -OCH3 is 1. The molecule has 0 amide bonds. The Morgan fingerprint density at radius 3 is 2.63 bits per heavy atom. The number of hydrogen-bond acceptors (Lipinski definition) is 5. The summed E-state index contributed by atoms with van der Waals surface area (Å²) in [4.78, 5) is 37.5. The molecule has 6 aliphatic rings. The highest BCUT2D eigenvalue weighted by atomic mass is 16.6. The van der Waals surface area contributed by atoms with Crippen molar-refractivity contribution in [2.75, 3.05) is 7.11 Å². The summed E-state index contributed by atoms with van der Waals surface area (Å²) in [5.41, 5.74) is 0.801. The highest BCUT2D eigenvalue weighted by Crippen LogP contribution is 2.79. The monoisotopic (exact) mass is 412 g/mol. The third kappa shape index (κ3) is 2.07. The molecule has 162 valence electrons. The number of rotatable bonds is 1. The minimum Gasteiger partial charge on any atom is -0.469 e. The van der Waals surface area contributed by atoms with Crippen LogP contribution in [0.3, 0.4) is 0 Å². The molecule has 5 nitrogen and oxygen atoms in total. The number of hydrogen-bond donors (Lipinski definition) is 0. The van der Waals surface area contributed by atoms with E-state index in [2.05, 4.69) is 13.8 Å². The fraction of sp³-hybridized carbons (Fsp3) is 0.800. The molecule has 1 heterocycles. The summed E-state index contributed by atoms with van der Waals surface area (Å²) >= 11 is 0. The molecule has 30 heavy (non-hydrogen) atoms. The summed E-state index contributed by atoms with van der Waals surface area (Å²) in [6, 6.07) is 0. The second-order valence-corrected chi connectivity index (χ2v) is 11.4. The first-order valence-electron chi connectivity index (χ1n) is 11.8. The second-order valence-electron chi connectivity index (χ2n) is 11.4. The van der Waals surface area contributed by atoms with Crippen molar-refractivity contribution < 1.29 is 23.9 Å². The van der Waals surface area contributed by atoms with Gasteiger partial charge >= 0.3 is 11.9 Å². The molecule has 6 rings (SSSR count). The molecule has 1 saturated heterocycles. The molecule has 5 aliphatic carbocycles. The minimum absolute atomic E-state index is 0.00305.